The molecule has 1 saturated carbocycles. The number of hydrogen-bond donors (Lipinski definition) is 0. The van der Waals surface area contributed by atoms with Gasteiger partial charge in [0.2, 0.25) is 0 Å². The van der Waals surface area contributed by atoms with E-state index >= 15 is 0 Å². The van der Waals surface area contributed by atoms with Crippen molar-refractivity contribution in [3.8, 4) is 0 Å². The third kappa shape index (κ3) is 3.02. The molecule has 0 aromatic rings. The molecule has 2 nitrogen and oxygen atoms in total. The summed E-state index contributed by atoms with van der Waals surface area (Å²) < 4.78 is 0. The maximum absolute atomic E-state index is 10.2. The summed E-state index contributed by atoms with van der Waals surface area (Å²) in [7, 11) is 0. The number of nitrogens with one attached hydrogen (secondary N) is 1. The SMILES string of the molecule is [NH]C(C=O)CC1CCCCC1. The van der Waals surface area contributed by atoms with Gasteiger partial charge in [-0.3, -0.25) is 0 Å². The summed E-state index contributed by atoms with van der Waals surface area (Å²) in [5, 5.41) is 0. The monoisotopic (exact) mass is 154 g/mol. The van der Waals surface area contributed by atoms with Gasteiger partial charge in [-0.25, -0.2) is 5.73 Å². The second-order valence-electron chi connectivity index (χ2n) is 3.48. The Kier molecular flexibility index (Phi) is 3.57. The van der Waals surface area contributed by atoms with Crippen LogP contribution in [-0.2, 0) is 4.79 Å². The molecular formula is C9H16NO. The first-order chi connectivity index (χ1) is 5.33. The van der Waals surface area contributed by atoms with Crippen molar-refractivity contribution in [2.75, 3.05) is 0 Å². The maximum Gasteiger partial charge on any atom is 0.138 e. The zero-order chi connectivity index (χ0) is 8.10. The zero-order valence-electron chi connectivity index (χ0n) is 6.88. The molecule has 0 bridgehead atoms. The normalized spacial score (nSPS) is 23.0. The van der Waals surface area contributed by atoms with Crippen molar-refractivity contribution in [2.24, 2.45) is 5.92 Å². The summed E-state index contributed by atoms with van der Waals surface area (Å²) in [5.41, 5.74) is 7.29. The molecule has 0 aliphatic heterocycles. The van der Waals surface area contributed by atoms with Crippen LogP contribution in [0.25, 0.3) is 0 Å². The lowest BCUT2D eigenvalue weighted by atomic mass is 9.85. The van der Waals surface area contributed by atoms with E-state index in [9.17, 15) is 4.79 Å². The molecule has 0 aromatic heterocycles. The Balaban J connectivity index is 2.18. The third-order valence-corrected chi connectivity index (χ3v) is 2.48. The van der Waals surface area contributed by atoms with E-state index in [-0.39, 0.29) is 0 Å². The lowest BCUT2D eigenvalue weighted by molar-refractivity contribution is -0.109. The highest BCUT2D eigenvalue weighted by molar-refractivity contribution is 5.56. The molecule has 1 atom stereocenters. The largest absolute Gasteiger partial charge is 0.302 e. The standard InChI is InChI=1S/C9H16NO/c10-9(7-11)6-8-4-2-1-3-5-8/h7-10H,1-6H2. The quantitative estimate of drug-likeness (QED) is 0.571. The molecule has 1 aliphatic rings. The van der Waals surface area contributed by atoms with Crippen LogP contribution in [0.4, 0.5) is 0 Å². The van der Waals surface area contributed by atoms with Crippen molar-refractivity contribution in [1.82, 2.24) is 5.73 Å². The van der Waals surface area contributed by atoms with E-state index in [4.69, 9.17) is 5.73 Å². The van der Waals surface area contributed by atoms with Crippen LogP contribution >= 0.6 is 0 Å². The van der Waals surface area contributed by atoms with E-state index in [1.54, 1.807) is 0 Å². The van der Waals surface area contributed by atoms with Crippen LogP contribution in [0.15, 0.2) is 0 Å². The summed E-state index contributed by atoms with van der Waals surface area (Å²) in [6.45, 7) is 0. The van der Waals surface area contributed by atoms with Gasteiger partial charge in [0.25, 0.3) is 0 Å². The Morgan fingerprint density at radius 2 is 2.00 bits per heavy atom. The van der Waals surface area contributed by atoms with Crippen molar-refractivity contribution in [3.63, 3.8) is 0 Å². The Labute approximate surface area is 68.2 Å². The van der Waals surface area contributed by atoms with Gasteiger partial charge >= 0.3 is 0 Å². The lowest BCUT2D eigenvalue weighted by Gasteiger charge is -2.21. The van der Waals surface area contributed by atoms with Crippen LogP contribution in [0.3, 0.4) is 0 Å². The summed E-state index contributed by atoms with van der Waals surface area (Å²) in [5.74, 6) is 0.663. The molecular weight excluding hydrogens is 138 g/mol. The van der Waals surface area contributed by atoms with Crippen molar-refractivity contribution >= 4 is 6.29 Å². The van der Waals surface area contributed by atoms with Gasteiger partial charge in [-0.15, -0.1) is 0 Å². The van der Waals surface area contributed by atoms with E-state index in [0.717, 1.165) is 12.7 Å². The number of aldehydes is 1. The molecule has 63 valence electrons. The second-order valence-corrected chi connectivity index (χ2v) is 3.48. The van der Waals surface area contributed by atoms with Crippen LogP contribution in [0.5, 0.6) is 0 Å². The van der Waals surface area contributed by atoms with Crippen molar-refractivity contribution in [3.05, 3.63) is 0 Å². The summed E-state index contributed by atoms with van der Waals surface area (Å²) in [4.78, 5) is 10.2. The molecule has 1 rings (SSSR count). The molecule has 11 heavy (non-hydrogen) atoms. The Hall–Kier alpha value is -0.370. The van der Waals surface area contributed by atoms with Gasteiger partial charge in [-0.2, -0.15) is 0 Å². The smallest absolute Gasteiger partial charge is 0.138 e. The maximum atomic E-state index is 10.2. The van der Waals surface area contributed by atoms with Gasteiger partial charge in [0.1, 0.15) is 6.29 Å². The lowest BCUT2D eigenvalue weighted by Crippen LogP contribution is -2.18. The van der Waals surface area contributed by atoms with E-state index < -0.39 is 6.04 Å². The highest BCUT2D eigenvalue weighted by Gasteiger charge is 2.16. The number of rotatable bonds is 3. The molecule has 0 amide bonds. The molecule has 0 heterocycles. The Bertz CT molecular complexity index is 119. The first-order valence-corrected chi connectivity index (χ1v) is 4.49. The van der Waals surface area contributed by atoms with Gasteiger partial charge in [0.05, 0.1) is 6.04 Å². The van der Waals surface area contributed by atoms with Gasteiger partial charge in [-0.05, 0) is 12.3 Å². The minimum atomic E-state index is -0.460. The van der Waals surface area contributed by atoms with Crippen LogP contribution in [0.1, 0.15) is 38.5 Å². The Morgan fingerprint density at radius 1 is 1.36 bits per heavy atom. The topological polar surface area (TPSA) is 40.9 Å². The number of carbonyl (C=O) groups excluding carboxylic acids is 1. The fourth-order valence-corrected chi connectivity index (χ4v) is 1.84. The molecule has 0 spiro atoms. The fraction of sp³-hybridized carbons (Fsp3) is 0.889. The third-order valence-electron chi connectivity index (χ3n) is 2.48. The van der Waals surface area contributed by atoms with Gasteiger partial charge in [0.15, 0.2) is 0 Å². The molecule has 1 fully saturated rings. The molecule has 0 aromatic carbocycles. The van der Waals surface area contributed by atoms with Gasteiger partial charge in [-0.1, -0.05) is 32.1 Å². The van der Waals surface area contributed by atoms with Crippen molar-refractivity contribution in [2.45, 2.75) is 44.6 Å². The molecule has 1 unspecified atom stereocenters. The van der Waals surface area contributed by atoms with Crippen molar-refractivity contribution < 1.29 is 4.79 Å². The summed E-state index contributed by atoms with van der Waals surface area (Å²) in [6, 6.07) is -0.460. The van der Waals surface area contributed by atoms with E-state index in [2.05, 4.69) is 0 Å². The van der Waals surface area contributed by atoms with Gasteiger partial charge < -0.3 is 4.79 Å². The molecule has 1 N–H and O–H groups in total. The van der Waals surface area contributed by atoms with Gasteiger partial charge in [0, 0.05) is 0 Å². The minimum Gasteiger partial charge on any atom is -0.302 e. The summed E-state index contributed by atoms with van der Waals surface area (Å²) >= 11 is 0. The highest BCUT2D eigenvalue weighted by Crippen LogP contribution is 2.26. The molecule has 0 saturated heterocycles. The average Bonchev–Trinajstić information content (AvgIpc) is 2.06. The van der Waals surface area contributed by atoms with E-state index in [1.165, 1.54) is 32.1 Å². The van der Waals surface area contributed by atoms with Crippen LogP contribution in [-0.4, -0.2) is 12.3 Å². The average molecular weight is 154 g/mol. The molecule has 2 heteroatoms. The number of hydrogen-bond acceptors (Lipinski definition) is 1. The minimum absolute atomic E-state index is 0.460. The van der Waals surface area contributed by atoms with E-state index in [0.29, 0.717) is 5.92 Å². The van der Waals surface area contributed by atoms with Crippen LogP contribution < -0.4 is 5.73 Å². The zero-order valence-corrected chi connectivity index (χ0v) is 6.88. The van der Waals surface area contributed by atoms with E-state index in [1.807, 2.05) is 0 Å². The molecule has 1 radical (unpaired) electrons. The Morgan fingerprint density at radius 3 is 2.55 bits per heavy atom. The highest BCUT2D eigenvalue weighted by atomic mass is 16.1. The fourth-order valence-electron chi connectivity index (χ4n) is 1.84. The first-order valence-electron chi connectivity index (χ1n) is 4.49. The van der Waals surface area contributed by atoms with Crippen LogP contribution in [0.2, 0.25) is 0 Å². The number of carbonyl (C=O) groups is 1. The molecule has 1 aliphatic carbocycles. The second kappa shape index (κ2) is 4.50. The predicted octanol–water partition coefficient (Wildman–Crippen LogP) is 1.81. The summed E-state index contributed by atoms with van der Waals surface area (Å²) in [6.07, 6.45) is 7.98. The van der Waals surface area contributed by atoms with Crippen molar-refractivity contribution in [1.29, 1.82) is 0 Å². The first kappa shape index (κ1) is 8.72. The van der Waals surface area contributed by atoms with Crippen LogP contribution in [0, 0.1) is 5.92 Å². The predicted molar refractivity (Wildman–Crippen MR) is 44.1 cm³/mol.